The molecule has 6 heteroatoms. The lowest BCUT2D eigenvalue weighted by atomic mass is 9.83. The first-order chi connectivity index (χ1) is 12.0. The summed E-state index contributed by atoms with van der Waals surface area (Å²) in [5.74, 6) is 1.39. The van der Waals surface area contributed by atoms with Crippen LogP contribution in [0.25, 0.3) is 0 Å². The van der Waals surface area contributed by atoms with Crippen LogP contribution in [0.3, 0.4) is 0 Å². The molecule has 5 rings (SSSR count). The summed E-state index contributed by atoms with van der Waals surface area (Å²) < 4.78 is 6.17. The molecule has 2 aromatic carbocycles. The lowest BCUT2D eigenvalue weighted by Crippen LogP contribution is -2.39. The number of phenols is 3. The van der Waals surface area contributed by atoms with Crippen LogP contribution in [0.1, 0.15) is 39.4 Å². The highest BCUT2D eigenvalue weighted by Gasteiger charge is 2.41. The quantitative estimate of drug-likeness (QED) is 0.544. The average molecular weight is 404 g/mol. The molecule has 0 bridgehead atoms. The highest BCUT2D eigenvalue weighted by atomic mass is 79.9. The number of benzene rings is 2. The van der Waals surface area contributed by atoms with Gasteiger partial charge in [0.05, 0.1) is 7.11 Å². The molecule has 0 saturated carbocycles. The number of phenolic OH excluding ortho intramolecular Hbond substituents is 3. The summed E-state index contributed by atoms with van der Waals surface area (Å²) in [6.45, 7) is 1.38. The fourth-order valence-electron chi connectivity index (χ4n) is 4.48. The minimum absolute atomic E-state index is 0.0112. The summed E-state index contributed by atoms with van der Waals surface area (Å²) in [5.41, 5.74) is 5.47. The van der Waals surface area contributed by atoms with Crippen LogP contribution in [0.4, 0.5) is 0 Å². The van der Waals surface area contributed by atoms with Crippen LogP contribution in [-0.2, 0) is 25.8 Å². The van der Waals surface area contributed by atoms with E-state index in [9.17, 15) is 15.3 Å². The molecule has 1 unspecified atom stereocenters. The molecule has 0 aromatic heterocycles. The summed E-state index contributed by atoms with van der Waals surface area (Å²) in [4.78, 5) is 2.27. The molecule has 25 heavy (non-hydrogen) atoms. The van der Waals surface area contributed by atoms with Crippen molar-refractivity contribution in [2.75, 3.05) is 13.7 Å². The van der Waals surface area contributed by atoms with Crippen LogP contribution in [0.5, 0.6) is 23.0 Å². The zero-order chi connectivity index (χ0) is 17.5. The van der Waals surface area contributed by atoms with E-state index in [4.69, 9.17) is 4.74 Å². The van der Waals surface area contributed by atoms with E-state index >= 15 is 0 Å². The third-order valence-electron chi connectivity index (χ3n) is 5.86. The van der Waals surface area contributed by atoms with Gasteiger partial charge in [-0.1, -0.05) is 15.9 Å². The fourth-order valence-corrected chi connectivity index (χ4v) is 5.09. The van der Waals surface area contributed by atoms with E-state index < -0.39 is 0 Å². The van der Waals surface area contributed by atoms with Crippen molar-refractivity contribution in [3.8, 4) is 23.0 Å². The maximum absolute atomic E-state index is 10.7. The Morgan fingerprint density at radius 2 is 1.80 bits per heavy atom. The number of aromatic hydroxyl groups is 3. The summed E-state index contributed by atoms with van der Waals surface area (Å²) >= 11 is 3.60. The maximum Gasteiger partial charge on any atom is 0.162 e. The molecule has 0 spiro atoms. The molecule has 1 aliphatic carbocycles. The van der Waals surface area contributed by atoms with Gasteiger partial charge < -0.3 is 20.1 Å². The minimum Gasteiger partial charge on any atom is -0.507 e. The number of nitrogens with zero attached hydrogens (tertiary/aromatic N) is 1. The normalized spacial score (nSPS) is 20.3. The summed E-state index contributed by atoms with van der Waals surface area (Å²) in [7, 11) is 1.55. The second-order valence-corrected chi connectivity index (χ2v) is 7.88. The monoisotopic (exact) mass is 403 g/mol. The fraction of sp³-hybridized carbons (Fsp3) is 0.368. The van der Waals surface area contributed by atoms with Crippen molar-refractivity contribution in [1.29, 1.82) is 0 Å². The molecule has 1 atom stereocenters. The Hall–Kier alpha value is -1.92. The molecule has 0 fully saturated rings. The first-order valence-electron chi connectivity index (χ1n) is 8.40. The number of halogens is 1. The minimum atomic E-state index is 0.0112. The molecule has 2 aliphatic heterocycles. The molecule has 3 aliphatic rings. The second-order valence-electron chi connectivity index (χ2n) is 7.03. The van der Waals surface area contributed by atoms with Crippen LogP contribution in [0.2, 0.25) is 0 Å². The molecular weight excluding hydrogens is 386 g/mol. The van der Waals surface area contributed by atoms with Gasteiger partial charge >= 0.3 is 0 Å². The molecular formula is C19H18BrNO4. The van der Waals surface area contributed by atoms with Gasteiger partial charge in [-0.15, -0.1) is 0 Å². The van der Waals surface area contributed by atoms with Gasteiger partial charge in [0.2, 0.25) is 0 Å². The van der Waals surface area contributed by atoms with E-state index in [-0.39, 0.29) is 11.8 Å². The van der Waals surface area contributed by atoms with Crippen LogP contribution in [-0.4, -0.2) is 33.9 Å². The Morgan fingerprint density at radius 1 is 1.04 bits per heavy atom. The lowest BCUT2D eigenvalue weighted by molar-refractivity contribution is 0.153. The Balaban J connectivity index is 1.66. The van der Waals surface area contributed by atoms with Crippen LogP contribution in [0, 0.1) is 0 Å². The molecule has 0 saturated heterocycles. The van der Waals surface area contributed by atoms with Crippen molar-refractivity contribution in [3.63, 3.8) is 0 Å². The standard InChI is InChI=1S/C19H18BrNO4/c1-25-15-6-13(20)9-5-14-16-8(17(22)10-4-11(10)19(16)24)2-3-21(14)7-12(9)18(15)23/h6,14,22-24H,2-5,7H2,1H3. The molecule has 3 N–H and O–H groups in total. The van der Waals surface area contributed by atoms with Gasteiger partial charge in [0.15, 0.2) is 11.5 Å². The predicted octanol–water partition coefficient (Wildman–Crippen LogP) is 3.13. The van der Waals surface area contributed by atoms with Crippen molar-refractivity contribution in [3.05, 3.63) is 43.9 Å². The molecule has 5 nitrogen and oxygen atoms in total. The molecule has 2 aromatic rings. The van der Waals surface area contributed by atoms with Crippen LogP contribution >= 0.6 is 15.9 Å². The number of hydrogen-bond acceptors (Lipinski definition) is 5. The smallest absolute Gasteiger partial charge is 0.162 e. The van der Waals surface area contributed by atoms with Gasteiger partial charge in [-0.25, -0.2) is 0 Å². The Bertz CT molecular complexity index is 940. The first kappa shape index (κ1) is 15.3. The number of hydrogen-bond donors (Lipinski definition) is 3. The second kappa shape index (κ2) is 5.05. The number of rotatable bonds is 1. The lowest BCUT2D eigenvalue weighted by Gasteiger charge is -2.42. The SMILES string of the molecule is COc1cc(Br)c2c(c1O)CN1CCc3c(O)c4c(c(O)c3C1C2)C4. The van der Waals surface area contributed by atoms with Gasteiger partial charge in [0.1, 0.15) is 11.5 Å². The summed E-state index contributed by atoms with van der Waals surface area (Å²) in [6.07, 6.45) is 2.07. The van der Waals surface area contributed by atoms with E-state index in [1.807, 2.05) is 0 Å². The predicted molar refractivity (Wildman–Crippen MR) is 95.5 cm³/mol. The third-order valence-corrected chi connectivity index (χ3v) is 6.57. The van der Waals surface area contributed by atoms with Crippen LogP contribution in [0.15, 0.2) is 10.5 Å². The Labute approximate surface area is 153 Å². The Morgan fingerprint density at radius 3 is 2.56 bits per heavy atom. The van der Waals surface area contributed by atoms with Gasteiger partial charge in [0, 0.05) is 57.8 Å². The van der Waals surface area contributed by atoms with Gasteiger partial charge in [-0.2, -0.15) is 0 Å². The molecule has 0 amide bonds. The zero-order valence-electron chi connectivity index (χ0n) is 13.8. The van der Waals surface area contributed by atoms with Crippen LogP contribution < -0.4 is 4.74 Å². The van der Waals surface area contributed by atoms with E-state index in [1.54, 1.807) is 13.2 Å². The van der Waals surface area contributed by atoms with Gasteiger partial charge in [-0.05, 0) is 24.5 Å². The summed E-state index contributed by atoms with van der Waals surface area (Å²) in [5, 5.41) is 31.7. The maximum atomic E-state index is 10.7. The third kappa shape index (κ3) is 1.98. The summed E-state index contributed by atoms with van der Waals surface area (Å²) in [6, 6.07) is 1.80. The largest absolute Gasteiger partial charge is 0.507 e. The molecule has 2 heterocycles. The highest BCUT2D eigenvalue weighted by Crippen LogP contribution is 2.55. The number of ether oxygens (including phenoxy) is 1. The van der Waals surface area contributed by atoms with Crippen molar-refractivity contribution in [2.45, 2.75) is 31.8 Å². The van der Waals surface area contributed by atoms with Crippen molar-refractivity contribution >= 4 is 15.9 Å². The van der Waals surface area contributed by atoms with Gasteiger partial charge in [-0.3, -0.25) is 4.90 Å². The highest BCUT2D eigenvalue weighted by molar-refractivity contribution is 9.10. The van der Waals surface area contributed by atoms with E-state index in [2.05, 4.69) is 20.8 Å². The van der Waals surface area contributed by atoms with Gasteiger partial charge in [0.25, 0.3) is 0 Å². The Kier molecular flexibility index (Phi) is 3.10. The first-order valence-corrected chi connectivity index (χ1v) is 9.20. The number of methoxy groups -OCH3 is 1. The molecule has 130 valence electrons. The topological polar surface area (TPSA) is 73.2 Å². The number of fused-ring (bicyclic) bond motifs is 5. The zero-order valence-corrected chi connectivity index (χ0v) is 15.4. The van der Waals surface area contributed by atoms with Crippen molar-refractivity contribution < 1.29 is 20.1 Å². The van der Waals surface area contributed by atoms with E-state index in [0.29, 0.717) is 43.1 Å². The van der Waals surface area contributed by atoms with Crippen molar-refractivity contribution in [1.82, 2.24) is 4.90 Å². The van der Waals surface area contributed by atoms with E-state index in [0.717, 1.165) is 44.4 Å². The van der Waals surface area contributed by atoms with Crippen molar-refractivity contribution in [2.24, 2.45) is 0 Å². The molecule has 0 radical (unpaired) electrons. The average Bonchev–Trinajstić information content (AvgIpc) is 3.42. The van der Waals surface area contributed by atoms with E-state index in [1.165, 1.54) is 0 Å².